The van der Waals surface area contributed by atoms with Crippen LogP contribution in [0.1, 0.15) is 26.3 Å². The van der Waals surface area contributed by atoms with Crippen LogP contribution in [0.2, 0.25) is 0 Å². The molecule has 0 radical (unpaired) electrons. The average Bonchev–Trinajstić information content (AvgIpc) is 2.74. The predicted octanol–water partition coefficient (Wildman–Crippen LogP) is 1.12. The van der Waals surface area contributed by atoms with Crippen molar-refractivity contribution in [1.82, 2.24) is 15.2 Å². The van der Waals surface area contributed by atoms with Crippen molar-refractivity contribution in [3.63, 3.8) is 0 Å². The van der Waals surface area contributed by atoms with Gasteiger partial charge in [-0.2, -0.15) is 0 Å². The number of nitrogens with one attached hydrogen (secondary N) is 2. The molecule has 2 N–H and O–H groups in total. The van der Waals surface area contributed by atoms with Crippen LogP contribution in [0.15, 0.2) is 18.5 Å². The third-order valence-electron chi connectivity index (χ3n) is 2.53. The van der Waals surface area contributed by atoms with Crippen LogP contribution in [0.4, 0.5) is 0 Å². The molecule has 0 saturated carbocycles. The third kappa shape index (κ3) is 3.70. The summed E-state index contributed by atoms with van der Waals surface area (Å²) in [6.45, 7) is 8.29. The van der Waals surface area contributed by atoms with Crippen LogP contribution in [-0.4, -0.2) is 23.1 Å². The predicted molar refractivity (Wildman–Crippen MR) is 65.1 cm³/mol. The van der Waals surface area contributed by atoms with E-state index in [4.69, 9.17) is 0 Å². The van der Waals surface area contributed by atoms with Crippen LogP contribution in [-0.2, 0) is 17.9 Å². The molecule has 0 bridgehead atoms. The summed E-state index contributed by atoms with van der Waals surface area (Å²) in [5.74, 6) is 0.0532. The van der Waals surface area contributed by atoms with Crippen molar-refractivity contribution in [2.45, 2.75) is 39.9 Å². The number of aryl methyl sites for hydroxylation is 1. The fraction of sp³-hybridized carbons (Fsp3) is 0.583. The topological polar surface area (TPSA) is 46.1 Å². The summed E-state index contributed by atoms with van der Waals surface area (Å²) >= 11 is 0. The monoisotopic (exact) mass is 223 g/mol. The van der Waals surface area contributed by atoms with Gasteiger partial charge in [-0.25, -0.2) is 0 Å². The van der Waals surface area contributed by atoms with E-state index < -0.39 is 0 Å². The Balaban J connectivity index is 2.36. The minimum absolute atomic E-state index is 0.0532. The molecule has 0 saturated heterocycles. The number of likely N-dealkylation sites (N-methyl/N-ethyl adjacent to an activating group) is 1. The zero-order valence-electron chi connectivity index (χ0n) is 10.3. The van der Waals surface area contributed by atoms with Crippen molar-refractivity contribution in [3.8, 4) is 0 Å². The number of rotatable bonds is 6. The van der Waals surface area contributed by atoms with Crippen molar-refractivity contribution < 1.29 is 4.79 Å². The van der Waals surface area contributed by atoms with E-state index in [1.807, 2.05) is 20.0 Å². The van der Waals surface area contributed by atoms with Crippen molar-refractivity contribution in [2.24, 2.45) is 0 Å². The number of nitrogens with zero attached hydrogens (tertiary/aromatic N) is 1. The van der Waals surface area contributed by atoms with E-state index in [1.165, 1.54) is 5.56 Å². The van der Waals surface area contributed by atoms with Crippen LogP contribution in [0, 0.1) is 0 Å². The van der Waals surface area contributed by atoms with Gasteiger partial charge in [0.25, 0.3) is 0 Å². The van der Waals surface area contributed by atoms with Crippen molar-refractivity contribution in [1.29, 1.82) is 0 Å². The second-order valence-electron chi connectivity index (χ2n) is 3.85. The highest BCUT2D eigenvalue weighted by Gasteiger charge is 2.10. The lowest BCUT2D eigenvalue weighted by Crippen LogP contribution is -2.41. The Morgan fingerprint density at radius 2 is 2.25 bits per heavy atom. The molecule has 1 heterocycles. The Labute approximate surface area is 97.0 Å². The maximum atomic E-state index is 11.4. The summed E-state index contributed by atoms with van der Waals surface area (Å²) in [7, 11) is 0. The number of carbonyl (C=O) groups excluding carboxylic acids is 1. The Hall–Kier alpha value is -1.29. The van der Waals surface area contributed by atoms with Gasteiger partial charge in [0.05, 0.1) is 6.04 Å². The lowest BCUT2D eigenvalue weighted by atomic mass is 10.2. The largest absolute Gasteiger partial charge is 0.355 e. The number of hydrogen-bond donors (Lipinski definition) is 2. The molecule has 1 atom stereocenters. The van der Waals surface area contributed by atoms with E-state index in [-0.39, 0.29) is 11.9 Å². The highest BCUT2D eigenvalue weighted by molar-refractivity contribution is 5.81. The molecule has 90 valence electrons. The number of aromatic nitrogens is 1. The highest BCUT2D eigenvalue weighted by atomic mass is 16.2. The van der Waals surface area contributed by atoms with E-state index in [1.54, 1.807) is 0 Å². The highest BCUT2D eigenvalue weighted by Crippen LogP contribution is 2.01. The van der Waals surface area contributed by atoms with Gasteiger partial charge in [-0.05, 0) is 32.4 Å². The van der Waals surface area contributed by atoms with Crippen molar-refractivity contribution in [3.05, 3.63) is 24.0 Å². The second kappa shape index (κ2) is 6.33. The summed E-state index contributed by atoms with van der Waals surface area (Å²) in [6.07, 6.45) is 4.14. The molecule has 1 unspecified atom stereocenters. The van der Waals surface area contributed by atoms with E-state index in [0.29, 0.717) is 6.54 Å². The smallest absolute Gasteiger partial charge is 0.236 e. The molecule has 1 aromatic heterocycles. The van der Waals surface area contributed by atoms with Crippen molar-refractivity contribution >= 4 is 5.91 Å². The van der Waals surface area contributed by atoms with Gasteiger partial charge >= 0.3 is 0 Å². The summed E-state index contributed by atoms with van der Waals surface area (Å²) < 4.78 is 2.12. The molecule has 0 spiro atoms. The fourth-order valence-corrected chi connectivity index (χ4v) is 1.48. The first-order chi connectivity index (χ1) is 7.67. The average molecular weight is 223 g/mol. The van der Waals surface area contributed by atoms with Gasteiger partial charge in [0.15, 0.2) is 0 Å². The molecular formula is C12H21N3O. The molecule has 0 aliphatic carbocycles. The number of carbonyl (C=O) groups is 1. The van der Waals surface area contributed by atoms with Gasteiger partial charge in [-0.15, -0.1) is 0 Å². The molecule has 0 fully saturated rings. The molecule has 1 rings (SSSR count). The van der Waals surface area contributed by atoms with E-state index in [9.17, 15) is 4.79 Å². The van der Waals surface area contributed by atoms with Crippen LogP contribution in [0.5, 0.6) is 0 Å². The SMILES string of the molecule is CCNC(=O)C(C)NCc1ccn(CC)c1. The second-order valence-corrected chi connectivity index (χ2v) is 3.85. The van der Waals surface area contributed by atoms with Gasteiger partial charge in [0.1, 0.15) is 0 Å². The Kier molecular flexibility index (Phi) is 5.05. The Bertz CT molecular complexity index is 333. The van der Waals surface area contributed by atoms with Gasteiger partial charge in [-0.1, -0.05) is 0 Å². The zero-order valence-corrected chi connectivity index (χ0v) is 10.3. The molecule has 0 aliphatic rings. The molecule has 0 aromatic carbocycles. The van der Waals surface area contributed by atoms with Crippen LogP contribution < -0.4 is 10.6 Å². The Morgan fingerprint density at radius 3 is 2.81 bits per heavy atom. The lowest BCUT2D eigenvalue weighted by molar-refractivity contribution is -0.122. The lowest BCUT2D eigenvalue weighted by Gasteiger charge is -2.12. The van der Waals surface area contributed by atoms with E-state index >= 15 is 0 Å². The molecule has 1 amide bonds. The third-order valence-corrected chi connectivity index (χ3v) is 2.53. The van der Waals surface area contributed by atoms with Gasteiger partial charge in [-0.3, -0.25) is 4.79 Å². The maximum absolute atomic E-state index is 11.4. The number of amides is 1. The minimum atomic E-state index is -0.148. The number of hydrogen-bond acceptors (Lipinski definition) is 2. The normalized spacial score (nSPS) is 12.4. The molecule has 16 heavy (non-hydrogen) atoms. The van der Waals surface area contributed by atoms with Gasteiger partial charge < -0.3 is 15.2 Å². The first-order valence-electron chi connectivity index (χ1n) is 5.83. The minimum Gasteiger partial charge on any atom is -0.355 e. The van der Waals surface area contributed by atoms with Gasteiger partial charge in [0.2, 0.25) is 5.91 Å². The molecule has 1 aromatic rings. The first-order valence-corrected chi connectivity index (χ1v) is 5.83. The van der Waals surface area contributed by atoms with E-state index in [2.05, 4.69) is 34.4 Å². The van der Waals surface area contributed by atoms with Gasteiger partial charge in [0, 0.05) is 32.0 Å². The quantitative estimate of drug-likeness (QED) is 0.759. The summed E-state index contributed by atoms with van der Waals surface area (Å²) in [4.78, 5) is 11.4. The summed E-state index contributed by atoms with van der Waals surface area (Å²) in [6, 6.07) is 1.92. The molecule has 4 nitrogen and oxygen atoms in total. The van der Waals surface area contributed by atoms with Crippen LogP contribution in [0.3, 0.4) is 0 Å². The Morgan fingerprint density at radius 1 is 1.50 bits per heavy atom. The van der Waals surface area contributed by atoms with E-state index in [0.717, 1.165) is 13.1 Å². The summed E-state index contributed by atoms with van der Waals surface area (Å²) in [5, 5.41) is 5.99. The van der Waals surface area contributed by atoms with Crippen LogP contribution >= 0.6 is 0 Å². The zero-order chi connectivity index (χ0) is 12.0. The molecular weight excluding hydrogens is 202 g/mol. The molecule has 0 aliphatic heterocycles. The molecule has 4 heteroatoms. The van der Waals surface area contributed by atoms with Crippen LogP contribution in [0.25, 0.3) is 0 Å². The fourth-order valence-electron chi connectivity index (χ4n) is 1.48. The first kappa shape index (κ1) is 12.8. The standard InChI is InChI=1S/C12H21N3O/c1-4-13-12(16)10(3)14-8-11-6-7-15(5-2)9-11/h6-7,9-10,14H,4-5,8H2,1-3H3,(H,13,16). The summed E-state index contributed by atoms with van der Waals surface area (Å²) in [5.41, 5.74) is 1.21. The van der Waals surface area contributed by atoms with Crippen molar-refractivity contribution in [2.75, 3.05) is 6.54 Å². The maximum Gasteiger partial charge on any atom is 0.236 e.